The summed E-state index contributed by atoms with van der Waals surface area (Å²) in [5.41, 5.74) is -0.485. The summed E-state index contributed by atoms with van der Waals surface area (Å²) >= 11 is 0. The molecule has 0 bridgehead atoms. The van der Waals surface area contributed by atoms with Crippen molar-refractivity contribution in [2.24, 2.45) is 0 Å². The maximum absolute atomic E-state index is 12.7. The molecule has 0 unspecified atom stereocenters. The van der Waals surface area contributed by atoms with E-state index in [1.54, 1.807) is 0 Å². The van der Waals surface area contributed by atoms with Crippen LogP contribution in [0.25, 0.3) is 0 Å². The minimum absolute atomic E-state index is 0.106. The second-order valence-electron chi connectivity index (χ2n) is 6.31. The maximum Gasteiger partial charge on any atom is 0.269 e. The molecule has 0 aliphatic carbocycles. The first-order valence-corrected chi connectivity index (χ1v) is 11.4. The Balaban J connectivity index is 1.73. The minimum atomic E-state index is -3.94. The van der Waals surface area contributed by atoms with Gasteiger partial charge >= 0.3 is 0 Å². The number of piperazine rings is 1. The highest BCUT2D eigenvalue weighted by molar-refractivity contribution is 7.89. The van der Waals surface area contributed by atoms with E-state index in [2.05, 4.69) is 0 Å². The standard InChI is InChI=1S/C16H16N4O8S2/c21-19(22)13-1-5-15(6-2-13)29(25,26)17-9-11-18(12-10-17)30(27,28)16-7-3-14(4-8-16)20(23)24/h1-8H,9-12H2. The van der Waals surface area contributed by atoms with Crippen LogP contribution in [0.15, 0.2) is 58.3 Å². The van der Waals surface area contributed by atoms with E-state index in [0.717, 1.165) is 57.1 Å². The Hall–Kier alpha value is -2.94. The molecule has 1 saturated heterocycles. The highest BCUT2D eigenvalue weighted by atomic mass is 32.2. The SMILES string of the molecule is O=[N+]([O-])c1ccc(S(=O)(=O)N2CCN(S(=O)(=O)c3ccc([N+](=O)[O-])cc3)CC2)cc1. The van der Waals surface area contributed by atoms with Crippen LogP contribution in [0.1, 0.15) is 0 Å². The van der Waals surface area contributed by atoms with E-state index in [-0.39, 0.29) is 47.3 Å². The zero-order valence-electron chi connectivity index (χ0n) is 15.3. The molecule has 0 radical (unpaired) electrons. The predicted molar refractivity (Wildman–Crippen MR) is 104 cm³/mol. The van der Waals surface area contributed by atoms with E-state index < -0.39 is 29.9 Å². The van der Waals surface area contributed by atoms with Gasteiger partial charge in [-0.05, 0) is 24.3 Å². The van der Waals surface area contributed by atoms with Crippen molar-refractivity contribution in [1.29, 1.82) is 0 Å². The predicted octanol–water partition coefficient (Wildman–Crippen LogP) is 1.20. The molecule has 1 fully saturated rings. The monoisotopic (exact) mass is 456 g/mol. The molecule has 2 aromatic rings. The fourth-order valence-electron chi connectivity index (χ4n) is 2.93. The molecule has 2 aromatic carbocycles. The molecule has 3 rings (SSSR count). The van der Waals surface area contributed by atoms with Crippen molar-refractivity contribution in [1.82, 2.24) is 8.61 Å². The molecule has 0 aromatic heterocycles. The molecule has 30 heavy (non-hydrogen) atoms. The average molecular weight is 456 g/mol. The lowest BCUT2D eigenvalue weighted by Gasteiger charge is -2.33. The Morgan fingerprint density at radius 2 is 0.867 bits per heavy atom. The third kappa shape index (κ3) is 4.16. The molecule has 12 nitrogen and oxygen atoms in total. The Morgan fingerprint density at radius 3 is 1.10 bits per heavy atom. The quantitative estimate of drug-likeness (QED) is 0.463. The van der Waals surface area contributed by atoms with Crippen molar-refractivity contribution >= 4 is 31.4 Å². The number of sulfonamides is 2. The Labute approximate surface area is 171 Å². The van der Waals surface area contributed by atoms with Crippen molar-refractivity contribution in [3.8, 4) is 0 Å². The minimum Gasteiger partial charge on any atom is -0.258 e. The molecule has 0 saturated carbocycles. The molecule has 1 aliphatic heterocycles. The Bertz CT molecular complexity index is 1080. The number of non-ortho nitro benzene ring substituents is 2. The normalized spacial score (nSPS) is 16.3. The zero-order valence-corrected chi connectivity index (χ0v) is 17.0. The van der Waals surface area contributed by atoms with Crippen molar-refractivity contribution in [2.75, 3.05) is 26.2 Å². The summed E-state index contributed by atoms with van der Waals surface area (Å²) in [6.45, 7) is -0.422. The molecule has 0 atom stereocenters. The van der Waals surface area contributed by atoms with Crippen LogP contribution < -0.4 is 0 Å². The van der Waals surface area contributed by atoms with E-state index in [9.17, 15) is 37.1 Å². The van der Waals surface area contributed by atoms with Gasteiger partial charge < -0.3 is 0 Å². The maximum atomic E-state index is 12.7. The van der Waals surface area contributed by atoms with Crippen LogP contribution in [0.2, 0.25) is 0 Å². The number of benzene rings is 2. The highest BCUT2D eigenvalue weighted by Crippen LogP contribution is 2.24. The van der Waals surface area contributed by atoms with Gasteiger partial charge in [-0.25, -0.2) is 16.8 Å². The first-order valence-electron chi connectivity index (χ1n) is 8.53. The summed E-state index contributed by atoms with van der Waals surface area (Å²) < 4.78 is 53.1. The van der Waals surface area contributed by atoms with Gasteiger partial charge in [-0.1, -0.05) is 0 Å². The van der Waals surface area contributed by atoms with Crippen LogP contribution >= 0.6 is 0 Å². The van der Waals surface area contributed by atoms with Crippen LogP contribution in [0.5, 0.6) is 0 Å². The van der Waals surface area contributed by atoms with Crippen molar-refractivity contribution in [3.05, 3.63) is 68.8 Å². The third-order valence-corrected chi connectivity index (χ3v) is 8.39. The second kappa shape index (κ2) is 8.06. The first-order chi connectivity index (χ1) is 14.0. The van der Waals surface area contributed by atoms with Crippen LogP contribution in [-0.4, -0.2) is 61.5 Å². The van der Waals surface area contributed by atoms with Crippen LogP contribution in [0.3, 0.4) is 0 Å². The third-order valence-electron chi connectivity index (χ3n) is 4.57. The van der Waals surface area contributed by atoms with E-state index in [0.29, 0.717) is 0 Å². The lowest BCUT2D eigenvalue weighted by molar-refractivity contribution is -0.385. The molecule has 14 heteroatoms. The van der Waals surface area contributed by atoms with E-state index in [1.165, 1.54) is 0 Å². The second-order valence-corrected chi connectivity index (χ2v) is 10.2. The smallest absolute Gasteiger partial charge is 0.258 e. The number of nitro benzene ring substituents is 2. The van der Waals surface area contributed by atoms with Crippen molar-refractivity contribution in [3.63, 3.8) is 0 Å². The summed E-state index contributed by atoms with van der Waals surface area (Å²) in [5.74, 6) is 0. The lowest BCUT2D eigenvalue weighted by Crippen LogP contribution is -2.50. The lowest BCUT2D eigenvalue weighted by atomic mass is 10.3. The Morgan fingerprint density at radius 1 is 0.600 bits per heavy atom. The number of hydrogen-bond donors (Lipinski definition) is 0. The number of nitrogens with zero attached hydrogens (tertiary/aromatic N) is 4. The molecule has 1 heterocycles. The average Bonchev–Trinajstić information content (AvgIpc) is 2.74. The van der Waals surface area contributed by atoms with Crippen LogP contribution in [-0.2, 0) is 20.0 Å². The van der Waals surface area contributed by atoms with E-state index in [4.69, 9.17) is 0 Å². The van der Waals surface area contributed by atoms with Gasteiger partial charge in [0.2, 0.25) is 20.0 Å². The van der Waals surface area contributed by atoms with Crippen LogP contribution in [0, 0.1) is 20.2 Å². The summed E-state index contributed by atoms with van der Waals surface area (Å²) in [6.07, 6.45) is 0. The number of rotatable bonds is 6. The molecule has 0 amide bonds. The number of nitro groups is 2. The molecule has 1 aliphatic rings. The summed E-state index contributed by atoms with van der Waals surface area (Å²) in [7, 11) is -7.88. The van der Waals surface area contributed by atoms with Gasteiger partial charge in [0.25, 0.3) is 11.4 Å². The summed E-state index contributed by atoms with van der Waals surface area (Å²) in [6, 6.07) is 8.87. The summed E-state index contributed by atoms with van der Waals surface area (Å²) in [5, 5.41) is 21.4. The van der Waals surface area contributed by atoms with Crippen molar-refractivity contribution < 1.29 is 26.7 Å². The van der Waals surface area contributed by atoms with Gasteiger partial charge in [0.15, 0.2) is 0 Å². The van der Waals surface area contributed by atoms with E-state index in [1.807, 2.05) is 0 Å². The van der Waals surface area contributed by atoms with Gasteiger partial charge in [0.05, 0.1) is 19.6 Å². The topological polar surface area (TPSA) is 161 Å². The zero-order chi connectivity index (χ0) is 22.1. The fourth-order valence-corrected chi connectivity index (χ4v) is 5.77. The fraction of sp³-hybridized carbons (Fsp3) is 0.250. The van der Waals surface area contributed by atoms with Gasteiger partial charge in [0.1, 0.15) is 0 Å². The molecule has 160 valence electrons. The van der Waals surface area contributed by atoms with Crippen molar-refractivity contribution in [2.45, 2.75) is 9.79 Å². The van der Waals surface area contributed by atoms with Gasteiger partial charge in [-0.3, -0.25) is 20.2 Å². The van der Waals surface area contributed by atoms with Gasteiger partial charge in [-0.2, -0.15) is 8.61 Å². The van der Waals surface area contributed by atoms with Gasteiger partial charge in [0, 0.05) is 50.4 Å². The summed E-state index contributed by atoms with van der Waals surface area (Å²) in [4.78, 5) is 19.9. The largest absolute Gasteiger partial charge is 0.269 e. The molecular formula is C16H16N4O8S2. The van der Waals surface area contributed by atoms with Crippen LogP contribution in [0.4, 0.5) is 11.4 Å². The molecule has 0 N–H and O–H groups in total. The highest BCUT2D eigenvalue weighted by Gasteiger charge is 2.34. The first kappa shape index (κ1) is 21.8. The number of hydrogen-bond acceptors (Lipinski definition) is 8. The van der Waals surface area contributed by atoms with Gasteiger partial charge in [-0.15, -0.1) is 0 Å². The Kier molecular flexibility index (Phi) is 5.85. The molecule has 0 spiro atoms. The van der Waals surface area contributed by atoms with E-state index >= 15 is 0 Å². The molecular weight excluding hydrogens is 440 g/mol.